The number of ether oxygens (including phenoxy) is 1. The largest absolute Gasteiger partial charge is 1.00 e. The normalized spacial score (nSPS) is 11.9. The summed E-state index contributed by atoms with van der Waals surface area (Å²) in [6.45, 7) is 13.1. The van der Waals surface area contributed by atoms with E-state index in [1.165, 1.54) is 21.0 Å². The van der Waals surface area contributed by atoms with Crippen molar-refractivity contribution in [1.29, 1.82) is 0 Å². The monoisotopic (exact) mass is 470 g/mol. The average Bonchev–Trinajstić information content (AvgIpc) is 2.58. The number of rotatable bonds is 4. The molecule has 186 valence electrons. The Morgan fingerprint density at radius 3 is 1.24 bits per heavy atom. The van der Waals surface area contributed by atoms with Gasteiger partial charge in [-0.05, 0) is 55.4 Å². The van der Waals surface area contributed by atoms with E-state index in [2.05, 4.69) is 26.0 Å². The van der Waals surface area contributed by atoms with Crippen LogP contribution in [-0.4, -0.2) is 76.4 Å². The molecule has 0 aliphatic carbocycles. The van der Waals surface area contributed by atoms with Crippen molar-refractivity contribution in [2.75, 3.05) is 7.11 Å². The van der Waals surface area contributed by atoms with Crippen LogP contribution in [0.25, 0.3) is 0 Å². The fourth-order valence-electron chi connectivity index (χ4n) is 1.62. The number of amides is 4. The van der Waals surface area contributed by atoms with Gasteiger partial charge in [0.05, 0.1) is 7.11 Å². The second-order valence-electron chi connectivity index (χ2n) is 8.66. The number of carbonyl (C=O) groups excluding carboxylic acids is 5. The van der Waals surface area contributed by atoms with Crippen LogP contribution >= 0.6 is 0 Å². The first kappa shape index (κ1) is 37.7. The SMILES string of the molecule is COC(=O)[C@H](C)NC(=O)C(=O)NC(C)(C)C.C[C@H](NC(=O)C(=O)NC(C)(C)C)C(=O)O.[Li+].[OH-]. The molecule has 0 aliphatic heterocycles. The quantitative estimate of drug-likeness (QED) is 0.153. The number of carboxylic acid groups (broad SMARTS) is 1. The predicted molar refractivity (Wildman–Crippen MR) is 113 cm³/mol. The Balaban J connectivity index is -0.000000241. The molecule has 0 saturated carbocycles. The Morgan fingerprint density at radius 1 is 0.697 bits per heavy atom. The van der Waals surface area contributed by atoms with E-state index in [-0.39, 0.29) is 24.3 Å². The topological polar surface area (TPSA) is 210 Å². The number of nitrogens with one attached hydrogen (secondary N) is 4. The third-order valence-electron chi connectivity index (χ3n) is 3.01. The number of aliphatic carboxylic acids is 1. The van der Waals surface area contributed by atoms with Gasteiger partial charge in [0.25, 0.3) is 0 Å². The summed E-state index contributed by atoms with van der Waals surface area (Å²) >= 11 is 0. The Morgan fingerprint density at radius 2 is 1.00 bits per heavy atom. The molecule has 6 N–H and O–H groups in total. The van der Waals surface area contributed by atoms with Gasteiger partial charge in [0.2, 0.25) is 0 Å². The van der Waals surface area contributed by atoms with Crippen molar-refractivity contribution >= 4 is 35.6 Å². The van der Waals surface area contributed by atoms with Crippen molar-refractivity contribution in [3.63, 3.8) is 0 Å². The molecule has 0 aromatic carbocycles. The van der Waals surface area contributed by atoms with Crippen LogP contribution < -0.4 is 40.1 Å². The van der Waals surface area contributed by atoms with Gasteiger partial charge in [-0.1, -0.05) is 0 Å². The molecule has 0 aliphatic rings. The van der Waals surface area contributed by atoms with Gasteiger partial charge in [-0.25, -0.2) is 4.79 Å². The molecule has 2 atom stereocenters. The maximum absolute atomic E-state index is 11.3. The maximum atomic E-state index is 11.3. The van der Waals surface area contributed by atoms with Crippen molar-refractivity contribution in [2.24, 2.45) is 0 Å². The average molecular weight is 470 g/mol. The van der Waals surface area contributed by atoms with Crippen LogP contribution in [0.3, 0.4) is 0 Å². The van der Waals surface area contributed by atoms with Crippen LogP contribution in [0.15, 0.2) is 0 Å². The summed E-state index contributed by atoms with van der Waals surface area (Å²) in [5.41, 5.74) is -1.02. The Hall–Kier alpha value is -2.62. The van der Waals surface area contributed by atoms with Gasteiger partial charge in [0.15, 0.2) is 0 Å². The zero-order valence-corrected chi connectivity index (χ0v) is 20.9. The number of hydrogen-bond acceptors (Lipinski definition) is 8. The summed E-state index contributed by atoms with van der Waals surface area (Å²) in [5.74, 6) is -5.20. The maximum Gasteiger partial charge on any atom is 1.00 e. The molecule has 0 saturated heterocycles. The molecule has 0 rings (SSSR count). The first-order valence-corrected chi connectivity index (χ1v) is 9.37. The molecule has 0 unspecified atom stereocenters. The predicted octanol–water partition coefficient (Wildman–Crippen LogP) is -4.10. The van der Waals surface area contributed by atoms with E-state index < -0.39 is 58.7 Å². The molecule has 0 aromatic rings. The van der Waals surface area contributed by atoms with Crippen molar-refractivity contribution in [2.45, 2.75) is 78.6 Å². The third-order valence-corrected chi connectivity index (χ3v) is 3.01. The van der Waals surface area contributed by atoms with E-state index in [1.54, 1.807) is 41.5 Å². The molecular formula is C19H35LiN4O9. The molecule has 14 heteroatoms. The number of methoxy groups -OCH3 is 1. The molecule has 0 spiro atoms. The molecule has 0 bridgehead atoms. The van der Waals surface area contributed by atoms with Crippen LogP contribution in [0.4, 0.5) is 0 Å². The minimum Gasteiger partial charge on any atom is -0.870 e. The summed E-state index contributed by atoms with van der Waals surface area (Å²) in [6, 6.07) is -1.92. The van der Waals surface area contributed by atoms with Gasteiger partial charge in [0.1, 0.15) is 12.1 Å². The molecule has 4 amide bonds. The standard InChI is InChI=1S/C10H18N2O4.C9H16N2O4.Li.H2O/c1-6(9(15)16-5)11-7(13)8(14)12-10(2,3)4;1-5(8(14)15)10-6(12)7(13)11-9(2,3)4;;/h6H,1-5H3,(H,11,13)(H,12,14);5H,1-4H3,(H,10,12)(H,11,13)(H,14,15);;1H2/q;;+1;/p-1/t6-;5-;;/m00../s1. The van der Waals surface area contributed by atoms with Gasteiger partial charge < -0.3 is 36.6 Å². The van der Waals surface area contributed by atoms with E-state index in [0.717, 1.165) is 0 Å². The number of carboxylic acids is 1. The number of hydrogen-bond donors (Lipinski definition) is 5. The van der Waals surface area contributed by atoms with Crippen molar-refractivity contribution in [1.82, 2.24) is 21.3 Å². The van der Waals surface area contributed by atoms with E-state index >= 15 is 0 Å². The van der Waals surface area contributed by atoms with Gasteiger partial charge >= 0.3 is 54.4 Å². The first-order chi connectivity index (χ1) is 13.8. The summed E-state index contributed by atoms with van der Waals surface area (Å²) in [4.78, 5) is 66.4. The smallest absolute Gasteiger partial charge is 0.870 e. The minimum atomic E-state index is -1.19. The molecule has 0 radical (unpaired) electrons. The van der Waals surface area contributed by atoms with E-state index in [9.17, 15) is 28.8 Å². The summed E-state index contributed by atoms with van der Waals surface area (Å²) in [6.07, 6.45) is 0. The van der Waals surface area contributed by atoms with Gasteiger partial charge in [-0.2, -0.15) is 0 Å². The third kappa shape index (κ3) is 19.8. The van der Waals surface area contributed by atoms with Crippen LogP contribution in [0.5, 0.6) is 0 Å². The zero-order chi connectivity index (χ0) is 25.2. The minimum absolute atomic E-state index is 0. The number of esters is 1. The van der Waals surface area contributed by atoms with E-state index in [4.69, 9.17) is 5.11 Å². The van der Waals surface area contributed by atoms with Crippen molar-refractivity contribution in [3.05, 3.63) is 0 Å². The van der Waals surface area contributed by atoms with Gasteiger partial charge in [0, 0.05) is 11.1 Å². The van der Waals surface area contributed by atoms with Crippen LogP contribution in [0.1, 0.15) is 55.4 Å². The van der Waals surface area contributed by atoms with Crippen LogP contribution in [-0.2, 0) is 33.5 Å². The molecule has 0 fully saturated rings. The van der Waals surface area contributed by atoms with Gasteiger partial charge in [-0.3, -0.25) is 24.0 Å². The van der Waals surface area contributed by atoms with E-state index in [0.29, 0.717) is 0 Å². The summed E-state index contributed by atoms with van der Waals surface area (Å²) in [5, 5.41) is 17.7. The first-order valence-electron chi connectivity index (χ1n) is 9.37. The Labute approximate surface area is 205 Å². The Kier molecular flexibility index (Phi) is 18.3. The number of carbonyl (C=O) groups is 6. The molecule has 33 heavy (non-hydrogen) atoms. The van der Waals surface area contributed by atoms with Crippen LogP contribution in [0, 0.1) is 0 Å². The molecule has 0 heterocycles. The van der Waals surface area contributed by atoms with Crippen molar-refractivity contribution < 1.29 is 62.9 Å². The van der Waals surface area contributed by atoms with Gasteiger partial charge in [-0.15, -0.1) is 0 Å². The summed E-state index contributed by atoms with van der Waals surface area (Å²) < 4.78 is 4.41. The Bertz CT molecular complexity index is 700. The van der Waals surface area contributed by atoms with Crippen molar-refractivity contribution in [3.8, 4) is 0 Å². The molecular weight excluding hydrogens is 435 g/mol. The molecule has 13 nitrogen and oxygen atoms in total. The van der Waals surface area contributed by atoms with Crippen LogP contribution in [0.2, 0.25) is 0 Å². The second kappa shape index (κ2) is 16.1. The van der Waals surface area contributed by atoms with E-state index in [1.807, 2.05) is 0 Å². The fourth-order valence-corrected chi connectivity index (χ4v) is 1.62. The fraction of sp³-hybridized carbons (Fsp3) is 0.684. The molecule has 0 aromatic heterocycles. The summed E-state index contributed by atoms with van der Waals surface area (Å²) in [7, 11) is 1.21. The zero-order valence-electron chi connectivity index (χ0n) is 20.9. The second-order valence-corrected chi connectivity index (χ2v) is 8.66.